The van der Waals surface area contributed by atoms with E-state index in [0.717, 1.165) is 24.8 Å². The Kier molecular flexibility index (Phi) is 1.53. The van der Waals surface area contributed by atoms with Crippen LogP contribution in [-0.4, -0.2) is 16.8 Å². The number of aliphatic hydroxyl groups is 2. The molecule has 2 N–H and O–H groups in total. The minimum atomic E-state index is 0.0336. The highest BCUT2D eigenvalue weighted by atomic mass is 16.3. The van der Waals surface area contributed by atoms with Crippen molar-refractivity contribution in [3.63, 3.8) is 0 Å². The predicted molar refractivity (Wildman–Crippen MR) is 30.6 cm³/mol. The average Bonchev–Trinajstić information content (AvgIpc) is 2.14. The van der Waals surface area contributed by atoms with Gasteiger partial charge in [0.1, 0.15) is 0 Å². The van der Waals surface area contributed by atoms with Gasteiger partial charge in [-0.15, -0.1) is 0 Å². The van der Waals surface area contributed by atoms with E-state index in [1.807, 2.05) is 0 Å². The molecule has 0 aliphatic heterocycles. The molecule has 0 unspecified atom stereocenters. The Morgan fingerprint density at radius 3 is 2.38 bits per heavy atom. The van der Waals surface area contributed by atoms with Gasteiger partial charge in [-0.2, -0.15) is 0 Å². The van der Waals surface area contributed by atoms with Gasteiger partial charge in [-0.1, -0.05) is 0 Å². The molecule has 0 saturated heterocycles. The van der Waals surface area contributed by atoms with Crippen LogP contribution in [0.25, 0.3) is 0 Å². The monoisotopic (exact) mass is 114 g/mol. The molecule has 2 nitrogen and oxygen atoms in total. The maximum absolute atomic E-state index is 8.91. The molecule has 0 saturated carbocycles. The van der Waals surface area contributed by atoms with Crippen LogP contribution in [0.5, 0.6) is 0 Å². The quantitative estimate of drug-likeness (QED) is 0.533. The number of hydrogen-bond donors (Lipinski definition) is 2. The zero-order valence-electron chi connectivity index (χ0n) is 4.72. The molecule has 0 atom stereocenters. The zero-order chi connectivity index (χ0) is 5.98. The summed E-state index contributed by atoms with van der Waals surface area (Å²) in [7, 11) is 0. The van der Waals surface area contributed by atoms with Gasteiger partial charge in [-0.05, 0) is 18.4 Å². The van der Waals surface area contributed by atoms with Gasteiger partial charge in [-0.25, -0.2) is 0 Å². The lowest BCUT2D eigenvalue weighted by molar-refractivity contribution is 0.315. The van der Waals surface area contributed by atoms with Crippen LogP contribution in [0.1, 0.15) is 19.3 Å². The van der Waals surface area contributed by atoms with Crippen LogP contribution in [0.3, 0.4) is 0 Å². The van der Waals surface area contributed by atoms with E-state index in [1.165, 1.54) is 0 Å². The van der Waals surface area contributed by atoms with Gasteiger partial charge in [0.05, 0.1) is 12.4 Å². The third-order valence-corrected chi connectivity index (χ3v) is 1.49. The van der Waals surface area contributed by atoms with Crippen LogP contribution < -0.4 is 0 Å². The highest BCUT2D eigenvalue weighted by molar-refractivity contribution is 5.12. The molecule has 0 aromatic heterocycles. The molecule has 2 heteroatoms. The van der Waals surface area contributed by atoms with Crippen molar-refractivity contribution in [3.05, 3.63) is 11.3 Å². The first-order valence-corrected chi connectivity index (χ1v) is 2.85. The van der Waals surface area contributed by atoms with E-state index in [2.05, 4.69) is 0 Å². The van der Waals surface area contributed by atoms with Crippen molar-refractivity contribution in [1.82, 2.24) is 0 Å². The summed E-state index contributed by atoms with van der Waals surface area (Å²) in [6.45, 7) is 0.0336. The van der Waals surface area contributed by atoms with Crippen LogP contribution in [0, 0.1) is 0 Å². The second-order valence-electron chi connectivity index (χ2n) is 2.06. The third kappa shape index (κ3) is 0.842. The summed E-state index contributed by atoms with van der Waals surface area (Å²) in [6.07, 6.45) is 2.64. The SMILES string of the molecule is OCC1=C(O)CCC1. The first kappa shape index (κ1) is 5.63. The fourth-order valence-electron chi connectivity index (χ4n) is 0.961. The molecule has 0 fully saturated rings. The van der Waals surface area contributed by atoms with E-state index >= 15 is 0 Å². The summed E-state index contributed by atoms with van der Waals surface area (Å²) >= 11 is 0. The van der Waals surface area contributed by atoms with Gasteiger partial charge in [0, 0.05) is 6.42 Å². The van der Waals surface area contributed by atoms with E-state index in [0.29, 0.717) is 5.76 Å². The smallest absolute Gasteiger partial charge is 0.0937 e. The van der Waals surface area contributed by atoms with Crippen molar-refractivity contribution >= 4 is 0 Å². The highest BCUT2D eigenvalue weighted by Crippen LogP contribution is 2.22. The van der Waals surface area contributed by atoms with Gasteiger partial charge < -0.3 is 10.2 Å². The lowest BCUT2D eigenvalue weighted by Crippen LogP contribution is -1.87. The molecule has 8 heavy (non-hydrogen) atoms. The Balaban J connectivity index is 2.58. The highest BCUT2D eigenvalue weighted by Gasteiger charge is 2.10. The van der Waals surface area contributed by atoms with Gasteiger partial charge in [0.15, 0.2) is 0 Å². The topological polar surface area (TPSA) is 40.5 Å². The van der Waals surface area contributed by atoms with E-state index in [-0.39, 0.29) is 6.61 Å². The normalized spacial score (nSPS) is 20.1. The number of allylic oxidation sites excluding steroid dienone is 1. The van der Waals surface area contributed by atoms with Crippen LogP contribution in [0.15, 0.2) is 11.3 Å². The molecule has 0 radical (unpaired) electrons. The Morgan fingerprint density at radius 2 is 2.12 bits per heavy atom. The molecule has 1 aliphatic rings. The molecule has 0 spiro atoms. The van der Waals surface area contributed by atoms with Gasteiger partial charge >= 0.3 is 0 Å². The zero-order valence-corrected chi connectivity index (χ0v) is 4.72. The second-order valence-corrected chi connectivity index (χ2v) is 2.06. The van der Waals surface area contributed by atoms with Crippen molar-refractivity contribution in [3.8, 4) is 0 Å². The van der Waals surface area contributed by atoms with Crippen LogP contribution in [0.4, 0.5) is 0 Å². The van der Waals surface area contributed by atoms with Crippen LogP contribution in [-0.2, 0) is 0 Å². The predicted octanol–water partition coefficient (Wildman–Crippen LogP) is 0.975. The Hall–Kier alpha value is -0.500. The third-order valence-electron chi connectivity index (χ3n) is 1.49. The van der Waals surface area contributed by atoms with Crippen molar-refractivity contribution < 1.29 is 10.2 Å². The van der Waals surface area contributed by atoms with Crippen molar-refractivity contribution in [2.75, 3.05) is 6.61 Å². The molecule has 0 aromatic rings. The molecule has 46 valence electrons. The van der Waals surface area contributed by atoms with E-state index in [4.69, 9.17) is 10.2 Å². The second kappa shape index (κ2) is 2.18. The Labute approximate surface area is 48.5 Å². The van der Waals surface area contributed by atoms with Crippen molar-refractivity contribution in [2.45, 2.75) is 19.3 Å². The maximum Gasteiger partial charge on any atom is 0.0937 e. The Morgan fingerprint density at radius 1 is 1.38 bits per heavy atom. The number of rotatable bonds is 1. The minimum Gasteiger partial charge on any atom is -0.512 e. The molecule has 0 bridgehead atoms. The van der Waals surface area contributed by atoms with Gasteiger partial charge in [0.2, 0.25) is 0 Å². The summed E-state index contributed by atoms with van der Waals surface area (Å²) in [4.78, 5) is 0. The number of aliphatic hydroxyl groups excluding tert-OH is 2. The molecule has 0 aromatic carbocycles. The fraction of sp³-hybridized carbons (Fsp3) is 0.667. The Bertz CT molecular complexity index is 116. The van der Waals surface area contributed by atoms with E-state index in [1.54, 1.807) is 0 Å². The van der Waals surface area contributed by atoms with Crippen molar-refractivity contribution in [1.29, 1.82) is 0 Å². The van der Waals surface area contributed by atoms with Crippen molar-refractivity contribution in [2.24, 2.45) is 0 Å². The van der Waals surface area contributed by atoms with Gasteiger partial charge in [-0.3, -0.25) is 0 Å². The van der Waals surface area contributed by atoms with Crippen LogP contribution >= 0.6 is 0 Å². The maximum atomic E-state index is 8.91. The fourth-order valence-corrected chi connectivity index (χ4v) is 0.961. The molecular weight excluding hydrogens is 104 g/mol. The summed E-state index contributed by atoms with van der Waals surface area (Å²) < 4.78 is 0. The molecule has 1 rings (SSSR count). The van der Waals surface area contributed by atoms with E-state index < -0.39 is 0 Å². The molecule has 1 aliphatic carbocycles. The summed E-state index contributed by atoms with van der Waals surface area (Å²) in [5.41, 5.74) is 0.824. The van der Waals surface area contributed by atoms with Crippen LogP contribution in [0.2, 0.25) is 0 Å². The minimum absolute atomic E-state index is 0.0336. The first-order valence-electron chi connectivity index (χ1n) is 2.85. The number of hydrogen-bond acceptors (Lipinski definition) is 2. The van der Waals surface area contributed by atoms with E-state index in [9.17, 15) is 0 Å². The lowest BCUT2D eigenvalue weighted by Gasteiger charge is -1.92. The molecule has 0 amide bonds. The standard InChI is InChI=1S/C6H10O2/c7-4-5-2-1-3-6(5)8/h7-8H,1-4H2. The first-order chi connectivity index (χ1) is 3.84. The average molecular weight is 114 g/mol. The van der Waals surface area contributed by atoms with Gasteiger partial charge in [0.25, 0.3) is 0 Å². The summed E-state index contributed by atoms with van der Waals surface area (Å²) in [6, 6.07) is 0. The lowest BCUT2D eigenvalue weighted by atomic mass is 10.2. The summed E-state index contributed by atoms with van der Waals surface area (Å²) in [5, 5.41) is 17.4. The molecule has 0 heterocycles. The largest absolute Gasteiger partial charge is 0.512 e. The molecular formula is C6H10O2. The summed E-state index contributed by atoms with van der Waals surface area (Å²) in [5.74, 6) is 0.410.